The average Bonchev–Trinajstić information content (AvgIpc) is 3.04. The van der Waals surface area contributed by atoms with Crippen molar-refractivity contribution in [3.8, 4) is 0 Å². The summed E-state index contributed by atoms with van der Waals surface area (Å²) in [6.45, 7) is 7.91. The molecule has 2 heterocycles. The molecule has 30 heavy (non-hydrogen) atoms. The number of sulfone groups is 1. The highest BCUT2D eigenvalue weighted by Gasteiger charge is 2.38. The lowest BCUT2D eigenvalue weighted by molar-refractivity contribution is 0.0693. The number of carboxylic acids is 1. The third-order valence-electron chi connectivity index (χ3n) is 6.22. The predicted octanol–water partition coefficient (Wildman–Crippen LogP) is 3.80. The fraction of sp³-hybridized carbons (Fsp3) is 0.391. The van der Waals surface area contributed by atoms with Crippen LogP contribution in [0.15, 0.2) is 40.2 Å². The van der Waals surface area contributed by atoms with Crippen LogP contribution in [-0.4, -0.2) is 29.8 Å². The van der Waals surface area contributed by atoms with Crippen LogP contribution in [0.1, 0.15) is 67.3 Å². The molecule has 0 amide bonds. The molecule has 1 N–H and O–H groups in total. The number of carbonyl (C=O) groups is 1. The van der Waals surface area contributed by atoms with Gasteiger partial charge in [0.2, 0.25) is 0 Å². The van der Waals surface area contributed by atoms with E-state index in [1.807, 2.05) is 10.6 Å². The normalized spacial score (nSPS) is 18.1. The maximum Gasteiger partial charge on any atom is 0.341 e. The van der Waals surface area contributed by atoms with Gasteiger partial charge < -0.3 is 9.67 Å². The van der Waals surface area contributed by atoms with E-state index in [0.717, 1.165) is 28.0 Å². The third-order valence-corrected chi connectivity index (χ3v) is 7.96. The van der Waals surface area contributed by atoms with Crippen LogP contribution < -0.4 is 5.43 Å². The van der Waals surface area contributed by atoms with Gasteiger partial charge >= 0.3 is 5.97 Å². The number of allylic oxidation sites excluding steroid dienone is 2. The van der Waals surface area contributed by atoms with Crippen LogP contribution in [0.4, 0.5) is 0 Å². The van der Waals surface area contributed by atoms with Crippen LogP contribution in [0.25, 0.3) is 11.1 Å². The maximum absolute atomic E-state index is 12.5. The first-order chi connectivity index (χ1) is 13.9. The highest BCUT2D eigenvalue weighted by atomic mass is 32.2. The summed E-state index contributed by atoms with van der Waals surface area (Å²) in [6.07, 6.45) is 2.69. The van der Waals surface area contributed by atoms with Crippen LogP contribution in [0.3, 0.4) is 0 Å². The molecule has 6 nitrogen and oxygen atoms in total. The first kappa shape index (κ1) is 20.6. The van der Waals surface area contributed by atoms with E-state index in [-0.39, 0.29) is 22.8 Å². The Morgan fingerprint density at radius 2 is 1.90 bits per heavy atom. The SMILES string of the molecule is CCS(=O)(=O)c1ccc2c(c1)CC1=C2C[C@@H](C(C)(C)C)n2cc(C(=O)O)c(=O)cc21. The Morgan fingerprint density at radius 3 is 2.50 bits per heavy atom. The zero-order chi connectivity index (χ0) is 22.0. The lowest BCUT2D eigenvalue weighted by Crippen LogP contribution is -2.32. The lowest BCUT2D eigenvalue weighted by atomic mass is 9.78. The number of hydrogen-bond acceptors (Lipinski definition) is 4. The monoisotopic (exact) mass is 427 g/mol. The second kappa shape index (κ2) is 6.67. The summed E-state index contributed by atoms with van der Waals surface area (Å²) in [5.74, 6) is -1.19. The summed E-state index contributed by atoms with van der Waals surface area (Å²) in [6, 6.07) is 6.67. The Morgan fingerprint density at radius 1 is 1.20 bits per heavy atom. The van der Waals surface area contributed by atoms with Crippen molar-refractivity contribution >= 4 is 27.0 Å². The summed E-state index contributed by atoms with van der Waals surface area (Å²) in [4.78, 5) is 24.3. The number of benzene rings is 1. The van der Waals surface area contributed by atoms with E-state index in [9.17, 15) is 23.1 Å². The molecule has 1 aromatic carbocycles. The number of nitrogens with zero attached hydrogens (tertiary/aromatic N) is 1. The van der Waals surface area contributed by atoms with Crippen molar-refractivity contribution < 1.29 is 18.3 Å². The van der Waals surface area contributed by atoms with Crippen molar-refractivity contribution in [2.45, 2.75) is 51.5 Å². The van der Waals surface area contributed by atoms with E-state index in [0.29, 0.717) is 17.7 Å². The molecule has 0 radical (unpaired) electrons. The minimum absolute atomic E-state index is 0.0325. The van der Waals surface area contributed by atoms with Gasteiger partial charge in [0.25, 0.3) is 0 Å². The van der Waals surface area contributed by atoms with Gasteiger partial charge in [0.15, 0.2) is 15.3 Å². The zero-order valence-electron chi connectivity index (χ0n) is 17.5. The molecule has 0 saturated heterocycles. The van der Waals surface area contributed by atoms with Crippen molar-refractivity contribution in [2.75, 3.05) is 5.75 Å². The molecule has 7 heteroatoms. The van der Waals surface area contributed by atoms with E-state index < -0.39 is 21.2 Å². The van der Waals surface area contributed by atoms with Gasteiger partial charge in [0.05, 0.1) is 10.6 Å². The van der Waals surface area contributed by atoms with Gasteiger partial charge in [-0.05, 0) is 46.2 Å². The fourth-order valence-electron chi connectivity index (χ4n) is 4.53. The quantitative estimate of drug-likeness (QED) is 0.804. The molecule has 1 aliphatic carbocycles. The number of rotatable bonds is 3. The zero-order valence-corrected chi connectivity index (χ0v) is 18.3. The van der Waals surface area contributed by atoms with Gasteiger partial charge in [-0.2, -0.15) is 0 Å². The molecule has 0 unspecified atom stereocenters. The maximum atomic E-state index is 12.5. The molecular formula is C23H25NO5S. The van der Waals surface area contributed by atoms with E-state index in [1.165, 1.54) is 12.3 Å². The molecule has 0 bridgehead atoms. The minimum Gasteiger partial charge on any atom is -0.477 e. The summed E-state index contributed by atoms with van der Waals surface area (Å²) >= 11 is 0. The predicted molar refractivity (Wildman–Crippen MR) is 115 cm³/mol. The standard InChI is InChI=1S/C23H25NO5S/c1-5-30(28,29)14-6-7-15-13(8-14)9-17-16(15)10-21(23(2,3)4)24-12-18(22(26)27)20(25)11-19(17)24/h6-8,11-12,21H,5,9-10H2,1-4H3,(H,26,27)/t21-/m0/s1. The van der Waals surface area contributed by atoms with Gasteiger partial charge in [-0.3, -0.25) is 4.79 Å². The number of carboxylic acid groups (broad SMARTS) is 1. The first-order valence-corrected chi connectivity index (χ1v) is 11.7. The van der Waals surface area contributed by atoms with E-state index in [1.54, 1.807) is 19.1 Å². The third kappa shape index (κ3) is 3.12. The number of fused-ring (bicyclic) bond motifs is 4. The molecule has 1 aromatic heterocycles. The van der Waals surface area contributed by atoms with Crippen molar-refractivity contribution in [1.82, 2.24) is 4.57 Å². The second-order valence-corrected chi connectivity index (χ2v) is 11.4. The van der Waals surface area contributed by atoms with E-state index in [4.69, 9.17) is 0 Å². The van der Waals surface area contributed by atoms with Crippen molar-refractivity contribution in [3.05, 3.63) is 63.1 Å². The number of pyridine rings is 1. The van der Waals surface area contributed by atoms with Crippen molar-refractivity contribution in [2.24, 2.45) is 5.41 Å². The molecule has 2 aliphatic rings. The molecule has 0 fully saturated rings. The van der Waals surface area contributed by atoms with Crippen LogP contribution in [0.2, 0.25) is 0 Å². The van der Waals surface area contributed by atoms with E-state index >= 15 is 0 Å². The van der Waals surface area contributed by atoms with Gasteiger partial charge in [-0.25, -0.2) is 13.2 Å². The van der Waals surface area contributed by atoms with Crippen molar-refractivity contribution in [1.29, 1.82) is 0 Å². The van der Waals surface area contributed by atoms with E-state index in [2.05, 4.69) is 20.8 Å². The molecule has 4 rings (SSSR count). The molecular weight excluding hydrogens is 402 g/mol. The van der Waals surface area contributed by atoms with Crippen LogP contribution >= 0.6 is 0 Å². The first-order valence-electron chi connectivity index (χ1n) is 10.0. The fourth-order valence-corrected chi connectivity index (χ4v) is 5.46. The highest BCUT2D eigenvalue weighted by Crippen LogP contribution is 2.50. The number of aromatic nitrogens is 1. The average molecular weight is 428 g/mol. The Balaban J connectivity index is 1.92. The highest BCUT2D eigenvalue weighted by molar-refractivity contribution is 7.91. The van der Waals surface area contributed by atoms with Gasteiger partial charge in [-0.15, -0.1) is 0 Å². The van der Waals surface area contributed by atoms with Crippen LogP contribution in [-0.2, 0) is 16.3 Å². The Hall–Kier alpha value is -2.67. The Labute approximate surface area is 175 Å². The number of aromatic carboxylic acids is 1. The van der Waals surface area contributed by atoms with Gasteiger partial charge in [-0.1, -0.05) is 33.8 Å². The number of hydrogen-bond donors (Lipinski definition) is 1. The Kier molecular flexibility index (Phi) is 4.58. The molecule has 1 aliphatic heterocycles. The van der Waals surface area contributed by atoms with Crippen LogP contribution in [0.5, 0.6) is 0 Å². The summed E-state index contributed by atoms with van der Waals surface area (Å²) in [7, 11) is -3.31. The largest absolute Gasteiger partial charge is 0.477 e. The molecule has 2 aromatic rings. The topological polar surface area (TPSA) is 93.4 Å². The Bertz CT molecular complexity index is 1280. The van der Waals surface area contributed by atoms with Crippen LogP contribution in [0, 0.1) is 5.41 Å². The smallest absolute Gasteiger partial charge is 0.341 e. The molecule has 0 saturated carbocycles. The summed E-state index contributed by atoms with van der Waals surface area (Å²) < 4.78 is 26.6. The molecule has 0 spiro atoms. The van der Waals surface area contributed by atoms with Gasteiger partial charge in [0, 0.05) is 30.4 Å². The molecule has 1 atom stereocenters. The summed E-state index contributed by atoms with van der Waals surface area (Å²) in [5.41, 5.74) is 3.86. The van der Waals surface area contributed by atoms with Crippen molar-refractivity contribution in [3.63, 3.8) is 0 Å². The lowest BCUT2D eigenvalue weighted by Gasteiger charge is -2.39. The minimum atomic E-state index is -3.31. The second-order valence-electron chi connectivity index (χ2n) is 9.09. The summed E-state index contributed by atoms with van der Waals surface area (Å²) in [5, 5.41) is 9.43. The van der Waals surface area contributed by atoms with Gasteiger partial charge in [0.1, 0.15) is 5.56 Å². The molecule has 158 valence electrons.